The molecule has 0 radical (unpaired) electrons. The first kappa shape index (κ1) is 14.0. The first-order valence-electron chi connectivity index (χ1n) is 6.21. The molecule has 1 N–H and O–H groups in total. The molecule has 1 heterocycles. The van der Waals surface area contributed by atoms with Crippen molar-refractivity contribution in [1.29, 1.82) is 0 Å². The largest absolute Gasteiger partial charge is 0.331 e. The SMILES string of the molecule is CCCCCCn1c(=S)[nH]c2cc(I)c(F)cc21. The monoisotopic (exact) mass is 378 g/mol. The summed E-state index contributed by atoms with van der Waals surface area (Å²) in [7, 11) is 0. The van der Waals surface area contributed by atoms with Crippen LogP contribution in [0.2, 0.25) is 0 Å². The highest BCUT2D eigenvalue weighted by atomic mass is 127. The Morgan fingerprint density at radius 3 is 2.83 bits per heavy atom. The van der Waals surface area contributed by atoms with Gasteiger partial charge in [-0.1, -0.05) is 26.2 Å². The number of hydrogen-bond donors (Lipinski definition) is 1. The molecule has 2 aromatic rings. The zero-order chi connectivity index (χ0) is 13.1. The lowest BCUT2D eigenvalue weighted by molar-refractivity contribution is 0.585. The Morgan fingerprint density at radius 2 is 2.11 bits per heavy atom. The Hall–Kier alpha value is -0.430. The first-order valence-corrected chi connectivity index (χ1v) is 7.69. The molecule has 0 aliphatic rings. The van der Waals surface area contributed by atoms with Crippen molar-refractivity contribution in [3.05, 3.63) is 26.3 Å². The minimum absolute atomic E-state index is 0.181. The molecule has 1 aromatic carbocycles. The number of aryl methyl sites for hydroxylation is 1. The highest BCUT2D eigenvalue weighted by Crippen LogP contribution is 2.21. The minimum Gasteiger partial charge on any atom is -0.331 e. The average molecular weight is 378 g/mol. The molecule has 2 nitrogen and oxygen atoms in total. The summed E-state index contributed by atoms with van der Waals surface area (Å²) >= 11 is 7.29. The smallest absolute Gasteiger partial charge is 0.178 e. The molecule has 0 fully saturated rings. The predicted molar refractivity (Wildman–Crippen MR) is 83.9 cm³/mol. The maximum Gasteiger partial charge on any atom is 0.178 e. The van der Waals surface area contributed by atoms with Gasteiger partial charge in [0, 0.05) is 12.6 Å². The number of hydrogen-bond acceptors (Lipinski definition) is 1. The third-order valence-corrected chi connectivity index (χ3v) is 4.20. The molecule has 0 amide bonds. The van der Waals surface area contributed by atoms with Gasteiger partial charge in [-0.3, -0.25) is 0 Å². The van der Waals surface area contributed by atoms with Gasteiger partial charge in [0.2, 0.25) is 0 Å². The summed E-state index contributed by atoms with van der Waals surface area (Å²) in [5, 5.41) is 0. The number of imidazole rings is 1. The second-order valence-corrected chi connectivity index (χ2v) is 5.97. The van der Waals surface area contributed by atoms with Crippen molar-refractivity contribution in [2.24, 2.45) is 0 Å². The first-order chi connectivity index (χ1) is 8.63. The van der Waals surface area contributed by atoms with Crippen LogP contribution in [-0.4, -0.2) is 9.55 Å². The van der Waals surface area contributed by atoms with E-state index in [0.717, 1.165) is 24.0 Å². The zero-order valence-electron chi connectivity index (χ0n) is 10.3. The number of unbranched alkanes of at least 4 members (excludes halogenated alkanes) is 3. The molecule has 0 saturated carbocycles. The van der Waals surface area contributed by atoms with Gasteiger partial charge in [-0.2, -0.15) is 0 Å². The van der Waals surface area contributed by atoms with Gasteiger partial charge in [0.15, 0.2) is 4.77 Å². The topological polar surface area (TPSA) is 20.7 Å². The highest BCUT2D eigenvalue weighted by Gasteiger charge is 2.08. The fourth-order valence-corrected chi connectivity index (χ4v) is 2.84. The van der Waals surface area contributed by atoms with Gasteiger partial charge in [0.25, 0.3) is 0 Å². The number of H-pyrrole nitrogens is 1. The zero-order valence-corrected chi connectivity index (χ0v) is 13.3. The fraction of sp³-hybridized carbons (Fsp3) is 0.462. The van der Waals surface area contributed by atoms with Gasteiger partial charge in [-0.05, 0) is 47.3 Å². The third kappa shape index (κ3) is 2.93. The molecule has 0 saturated heterocycles. The van der Waals surface area contributed by atoms with E-state index in [-0.39, 0.29) is 5.82 Å². The predicted octanol–water partition coefficient (Wildman–Crippen LogP) is 5.02. The number of rotatable bonds is 5. The molecular weight excluding hydrogens is 362 g/mol. The van der Waals surface area contributed by atoms with Crippen LogP contribution in [-0.2, 0) is 6.54 Å². The normalized spacial score (nSPS) is 11.3. The number of fused-ring (bicyclic) bond motifs is 1. The van der Waals surface area contributed by atoms with Crippen molar-refractivity contribution in [2.75, 3.05) is 0 Å². The summed E-state index contributed by atoms with van der Waals surface area (Å²) in [4.78, 5) is 3.14. The lowest BCUT2D eigenvalue weighted by atomic mass is 10.2. The lowest BCUT2D eigenvalue weighted by Crippen LogP contribution is -1.98. The Balaban J connectivity index is 2.29. The van der Waals surface area contributed by atoms with E-state index in [4.69, 9.17) is 12.2 Å². The van der Waals surface area contributed by atoms with E-state index in [0.29, 0.717) is 8.34 Å². The van der Waals surface area contributed by atoms with E-state index >= 15 is 0 Å². The summed E-state index contributed by atoms with van der Waals surface area (Å²) < 4.78 is 16.9. The summed E-state index contributed by atoms with van der Waals surface area (Å²) in [5.41, 5.74) is 1.79. The van der Waals surface area contributed by atoms with Crippen molar-refractivity contribution < 1.29 is 4.39 Å². The summed E-state index contributed by atoms with van der Waals surface area (Å²) in [6.07, 6.45) is 4.73. The van der Waals surface area contributed by atoms with E-state index in [9.17, 15) is 4.39 Å². The van der Waals surface area contributed by atoms with E-state index < -0.39 is 0 Å². The molecular formula is C13H16FIN2S. The van der Waals surface area contributed by atoms with Crippen molar-refractivity contribution in [3.8, 4) is 0 Å². The quantitative estimate of drug-likeness (QED) is 0.440. The summed E-state index contributed by atoms with van der Waals surface area (Å²) in [6, 6.07) is 3.38. The van der Waals surface area contributed by atoms with Crippen LogP contribution in [0.15, 0.2) is 12.1 Å². The molecule has 2 rings (SSSR count). The molecule has 0 aliphatic carbocycles. The fourth-order valence-electron chi connectivity index (χ4n) is 2.07. The Kier molecular flexibility index (Phi) is 4.77. The van der Waals surface area contributed by atoms with Crippen LogP contribution in [0.25, 0.3) is 11.0 Å². The molecule has 0 unspecified atom stereocenters. The van der Waals surface area contributed by atoms with Gasteiger partial charge in [0.1, 0.15) is 5.82 Å². The van der Waals surface area contributed by atoms with Gasteiger partial charge in [-0.15, -0.1) is 0 Å². The van der Waals surface area contributed by atoms with Crippen LogP contribution < -0.4 is 0 Å². The maximum absolute atomic E-state index is 13.6. The molecule has 0 spiro atoms. The van der Waals surface area contributed by atoms with E-state index in [1.165, 1.54) is 19.3 Å². The summed E-state index contributed by atoms with van der Waals surface area (Å²) in [5.74, 6) is -0.181. The van der Waals surface area contributed by atoms with Crippen molar-refractivity contribution in [3.63, 3.8) is 0 Å². The highest BCUT2D eigenvalue weighted by molar-refractivity contribution is 14.1. The van der Waals surface area contributed by atoms with Crippen molar-refractivity contribution in [2.45, 2.75) is 39.2 Å². The van der Waals surface area contributed by atoms with E-state index in [2.05, 4.69) is 11.9 Å². The van der Waals surface area contributed by atoms with Gasteiger partial charge in [0.05, 0.1) is 14.6 Å². The summed E-state index contributed by atoms with van der Waals surface area (Å²) in [6.45, 7) is 3.05. The van der Waals surface area contributed by atoms with Gasteiger partial charge < -0.3 is 9.55 Å². The average Bonchev–Trinajstić information content (AvgIpc) is 2.62. The number of nitrogens with one attached hydrogen (secondary N) is 1. The maximum atomic E-state index is 13.6. The molecule has 0 atom stereocenters. The van der Waals surface area contributed by atoms with Crippen molar-refractivity contribution >= 4 is 45.8 Å². The third-order valence-electron chi connectivity index (χ3n) is 3.05. The molecule has 18 heavy (non-hydrogen) atoms. The van der Waals surface area contributed by atoms with Gasteiger partial charge in [-0.25, -0.2) is 4.39 Å². The van der Waals surface area contributed by atoms with E-state index in [1.54, 1.807) is 6.07 Å². The second kappa shape index (κ2) is 6.14. The minimum atomic E-state index is -0.181. The Bertz CT molecular complexity index is 603. The molecule has 0 bridgehead atoms. The van der Waals surface area contributed by atoms with Crippen LogP contribution in [0.5, 0.6) is 0 Å². The number of benzene rings is 1. The Morgan fingerprint density at radius 1 is 1.33 bits per heavy atom. The second-order valence-electron chi connectivity index (χ2n) is 4.43. The molecule has 98 valence electrons. The number of aromatic amines is 1. The van der Waals surface area contributed by atoms with Crippen LogP contribution in [0.1, 0.15) is 32.6 Å². The van der Waals surface area contributed by atoms with Crippen molar-refractivity contribution in [1.82, 2.24) is 9.55 Å². The van der Waals surface area contributed by atoms with Crippen LogP contribution in [0.3, 0.4) is 0 Å². The molecule has 5 heteroatoms. The molecule has 0 aliphatic heterocycles. The van der Waals surface area contributed by atoms with Crippen LogP contribution in [0.4, 0.5) is 4.39 Å². The van der Waals surface area contributed by atoms with E-state index in [1.807, 2.05) is 33.2 Å². The van der Waals surface area contributed by atoms with Crippen LogP contribution >= 0.6 is 34.8 Å². The number of aromatic nitrogens is 2. The molecule has 1 aromatic heterocycles. The number of halogens is 2. The standard InChI is InChI=1S/C13H16FIN2S/c1-2-3-4-5-6-17-12-7-9(14)10(15)8-11(12)16-13(17)18/h7-8H,2-6H2,1H3,(H,16,18). The lowest BCUT2D eigenvalue weighted by Gasteiger charge is -2.04. The number of nitrogens with zero attached hydrogens (tertiary/aromatic N) is 1. The Labute approximate surface area is 125 Å². The van der Waals surface area contributed by atoms with Crippen LogP contribution in [0, 0.1) is 14.2 Å². The van der Waals surface area contributed by atoms with Gasteiger partial charge >= 0.3 is 0 Å².